The number of urea groups is 1. The van der Waals surface area contributed by atoms with Gasteiger partial charge < -0.3 is 20.1 Å². The molecular weight excluding hydrogens is 322 g/mol. The number of halogens is 2. The van der Waals surface area contributed by atoms with Crippen LogP contribution in [0, 0.1) is 0 Å². The molecule has 0 aliphatic carbocycles. The van der Waals surface area contributed by atoms with Crippen LogP contribution in [0.2, 0.25) is 0 Å². The lowest BCUT2D eigenvalue weighted by Crippen LogP contribution is -2.47. The topological polar surface area (TPSA) is 78.9 Å². The Morgan fingerprint density at radius 1 is 1.33 bits per heavy atom. The highest BCUT2D eigenvalue weighted by Crippen LogP contribution is 2.28. The van der Waals surface area contributed by atoms with Gasteiger partial charge in [0.25, 0.3) is 5.92 Å². The molecule has 2 rings (SSSR count). The number of benzene rings is 1. The first-order chi connectivity index (χ1) is 11.2. The van der Waals surface area contributed by atoms with Gasteiger partial charge in [-0.15, -0.1) is 0 Å². The van der Waals surface area contributed by atoms with Crippen molar-refractivity contribution in [3.05, 3.63) is 29.3 Å². The van der Waals surface area contributed by atoms with Crippen molar-refractivity contribution in [3.8, 4) is 5.75 Å². The molecule has 2 amide bonds. The lowest BCUT2D eigenvalue weighted by Gasteiger charge is -2.32. The number of amides is 2. The number of hydrogen-bond acceptors (Lipinski definition) is 3. The van der Waals surface area contributed by atoms with Crippen molar-refractivity contribution in [1.82, 2.24) is 10.2 Å². The van der Waals surface area contributed by atoms with Crippen molar-refractivity contribution in [2.75, 3.05) is 20.2 Å². The Bertz CT molecular complexity index is 627. The molecule has 1 heterocycles. The Hall–Kier alpha value is -2.38. The van der Waals surface area contributed by atoms with E-state index in [1.165, 1.54) is 24.1 Å². The quantitative estimate of drug-likeness (QED) is 0.882. The normalized spacial score (nSPS) is 17.9. The first-order valence-electron chi connectivity index (χ1n) is 7.58. The van der Waals surface area contributed by atoms with Gasteiger partial charge in [0.2, 0.25) is 0 Å². The van der Waals surface area contributed by atoms with Gasteiger partial charge in [0.1, 0.15) is 11.3 Å². The van der Waals surface area contributed by atoms with Crippen LogP contribution in [-0.2, 0) is 0 Å². The van der Waals surface area contributed by atoms with Crippen LogP contribution in [0.3, 0.4) is 0 Å². The molecule has 0 saturated carbocycles. The molecule has 24 heavy (non-hydrogen) atoms. The van der Waals surface area contributed by atoms with E-state index in [0.29, 0.717) is 5.56 Å². The van der Waals surface area contributed by atoms with Gasteiger partial charge >= 0.3 is 12.0 Å². The van der Waals surface area contributed by atoms with E-state index >= 15 is 0 Å². The van der Waals surface area contributed by atoms with Gasteiger partial charge in [-0.2, -0.15) is 0 Å². The number of nitrogens with zero attached hydrogens (tertiary/aromatic N) is 1. The summed E-state index contributed by atoms with van der Waals surface area (Å²) in [4.78, 5) is 24.7. The van der Waals surface area contributed by atoms with E-state index in [9.17, 15) is 23.5 Å². The highest BCUT2D eigenvalue weighted by molar-refractivity contribution is 5.91. The number of likely N-dealkylation sites (tertiary alicyclic amines) is 1. The van der Waals surface area contributed by atoms with Gasteiger partial charge in [0.05, 0.1) is 13.2 Å². The zero-order chi connectivity index (χ0) is 17.9. The standard InChI is InChI=1S/C16H20F2N2O4/c1-10(11-3-4-13(24-2)12(9-11)14(21)22)19-15(23)20-7-5-16(17,18)6-8-20/h3-4,9-10H,5-8H2,1-2H3,(H,19,23)(H,21,22)/t10-/m0/s1. The summed E-state index contributed by atoms with van der Waals surface area (Å²) in [5.74, 6) is -3.62. The van der Waals surface area contributed by atoms with Gasteiger partial charge in [-0.3, -0.25) is 0 Å². The molecule has 2 N–H and O–H groups in total. The molecule has 0 aromatic heterocycles. The van der Waals surface area contributed by atoms with Gasteiger partial charge in [-0.1, -0.05) is 6.07 Å². The number of hydrogen-bond donors (Lipinski definition) is 2. The van der Waals surface area contributed by atoms with Gasteiger partial charge in [0.15, 0.2) is 0 Å². The molecule has 1 fully saturated rings. The Kier molecular flexibility index (Phi) is 5.26. The summed E-state index contributed by atoms with van der Waals surface area (Å²) in [6, 6.07) is 3.69. The highest BCUT2D eigenvalue weighted by atomic mass is 19.3. The zero-order valence-corrected chi connectivity index (χ0v) is 13.5. The number of rotatable bonds is 4. The highest BCUT2D eigenvalue weighted by Gasteiger charge is 2.35. The van der Waals surface area contributed by atoms with Crippen LogP contribution in [0.15, 0.2) is 18.2 Å². The van der Waals surface area contributed by atoms with Crippen LogP contribution in [-0.4, -0.2) is 48.1 Å². The molecule has 1 aromatic rings. The Morgan fingerprint density at radius 2 is 1.96 bits per heavy atom. The minimum atomic E-state index is -2.71. The fourth-order valence-corrected chi connectivity index (χ4v) is 2.56. The number of nitrogens with one attached hydrogen (secondary N) is 1. The first-order valence-corrected chi connectivity index (χ1v) is 7.58. The molecule has 1 atom stereocenters. The smallest absolute Gasteiger partial charge is 0.339 e. The molecule has 1 saturated heterocycles. The van der Waals surface area contributed by atoms with E-state index in [1.54, 1.807) is 13.0 Å². The van der Waals surface area contributed by atoms with Crippen LogP contribution in [0.4, 0.5) is 13.6 Å². The molecule has 1 aliphatic heterocycles. The van der Waals surface area contributed by atoms with Crippen molar-refractivity contribution in [3.63, 3.8) is 0 Å². The average molecular weight is 342 g/mol. The summed E-state index contributed by atoms with van der Waals surface area (Å²) in [6.45, 7) is 1.69. The number of carboxylic acids is 1. The van der Waals surface area contributed by atoms with Crippen LogP contribution < -0.4 is 10.1 Å². The molecule has 132 valence electrons. The molecule has 1 aliphatic rings. The third kappa shape index (κ3) is 4.12. The largest absolute Gasteiger partial charge is 0.496 e. The van der Waals surface area contributed by atoms with Crippen molar-refractivity contribution >= 4 is 12.0 Å². The van der Waals surface area contributed by atoms with Gasteiger partial charge in [-0.05, 0) is 24.6 Å². The maximum atomic E-state index is 13.1. The second-order valence-electron chi connectivity index (χ2n) is 5.78. The predicted molar refractivity (Wildman–Crippen MR) is 82.7 cm³/mol. The van der Waals surface area contributed by atoms with Crippen LogP contribution >= 0.6 is 0 Å². The summed E-state index contributed by atoms with van der Waals surface area (Å²) in [5, 5.41) is 11.9. The number of carbonyl (C=O) groups excluding carboxylic acids is 1. The van der Waals surface area contributed by atoms with Crippen molar-refractivity contribution in [2.24, 2.45) is 0 Å². The summed E-state index contributed by atoms with van der Waals surface area (Å²) in [7, 11) is 1.37. The molecule has 1 aromatic carbocycles. The fourth-order valence-electron chi connectivity index (χ4n) is 2.56. The summed E-state index contributed by atoms with van der Waals surface area (Å²) < 4.78 is 31.3. The molecule has 0 unspecified atom stereocenters. The minimum absolute atomic E-state index is 0.00541. The third-order valence-corrected chi connectivity index (χ3v) is 4.08. The molecule has 0 bridgehead atoms. The minimum Gasteiger partial charge on any atom is -0.496 e. The van der Waals surface area contributed by atoms with Gasteiger partial charge in [-0.25, -0.2) is 18.4 Å². The van der Waals surface area contributed by atoms with E-state index in [4.69, 9.17) is 4.74 Å². The van der Waals surface area contributed by atoms with E-state index < -0.39 is 24.0 Å². The number of methoxy groups -OCH3 is 1. The monoisotopic (exact) mass is 342 g/mol. The van der Waals surface area contributed by atoms with E-state index in [1.807, 2.05) is 0 Å². The van der Waals surface area contributed by atoms with Crippen molar-refractivity contribution in [2.45, 2.75) is 31.7 Å². The second kappa shape index (κ2) is 7.02. The molecule has 6 nitrogen and oxygen atoms in total. The lowest BCUT2D eigenvalue weighted by molar-refractivity contribution is -0.0470. The predicted octanol–water partition coefficient (Wildman–Crippen LogP) is 2.90. The van der Waals surface area contributed by atoms with Gasteiger partial charge in [0, 0.05) is 25.9 Å². The van der Waals surface area contributed by atoms with Crippen molar-refractivity contribution in [1.29, 1.82) is 0 Å². The Morgan fingerprint density at radius 3 is 2.50 bits per heavy atom. The number of alkyl halides is 2. The second-order valence-corrected chi connectivity index (χ2v) is 5.78. The number of carboxylic acid groups (broad SMARTS) is 1. The SMILES string of the molecule is COc1ccc([C@H](C)NC(=O)N2CCC(F)(F)CC2)cc1C(=O)O. The van der Waals surface area contributed by atoms with E-state index in [-0.39, 0.29) is 37.2 Å². The van der Waals surface area contributed by atoms with Crippen LogP contribution in [0.25, 0.3) is 0 Å². The number of aromatic carboxylic acids is 1. The Labute approximate surface area is 138 Å². The summed E-state index contributed by atoms with van der Waals surface area (Å²) in [6.07, 6.45) is -0.693. The first kappa shape index (κ1) is 18.0. The molecule has 0 spiro atoms. The van der Waals surface area contributed by atoms with Crippen LogP contribution in [0.1, 0.15) is 41.7 Å². The number of piperidine rings is 1. The number of ether oxygens (including phenoxy) is 1. The number of carbonyl (C=O) groups is 2. The lowest BCUT2D eigenvalue weighted by atomic mass is 10.0. The van der Waals surface area contributed by atoms with Crippen molar-refractivity contribution < 1.29 is 28.2 Å². The fraction of sp³-hybridized carbons (Fsp3) is 0.500. The summed E-state index contributed by atoms with van der Waals surface area (Å²) >= 11 is 0. The van der Waals surface area contributed by atoms with E-state index in [2.05, 4.69) is 5.32 Å². The zero-order valence-electron chi connectivity index (χ0n) is 13.5. The summed E-state index contributed by atoms with van der Waals surface area (Å²) in [5.41, 5.74) is 0.581. The third-order valence-electron chi connectivity index (χ3n) is 4.08. The van der Waals surface area contributed by atoms with E-state index in [0.717, 1.165) is 0 Å². The Balaban J connectivity index is 2.04. The molecule has 0 radical (unpaired) electrons. The average Bonchev–Trinajstić information content (AvgIpc) is 2.53. The maximum Gasteiger partial charge on any atom is 0.339 e. The van der Waals surface area contributed by atoms with Crippen LogP contribution in [0.5, 0.6) is 5.75 Å². The molecular formula is C16H20F2N2O4. The maximum absolute atomic E-state index is 13.1. The molecule has 8 heteroatoms.